The number of thioether (sulfide) groups is 1. The van der Waals surface area contributed by atoms with Crippen LogP contribution in [-0.2, 0) is 4.74 Å². The van der Waals surface area contributed by atoms with Crippen LogP contribution in [0.15, 0.2) is 5.16 Å². The molecule has 1 aromatic heterocycles. The Bertz CT molecular complexity index is 280. The molecule has 0 spiro atoms. The third-order valence-electron chi connectivity index (χ3n) is 1.28. The first-order valence-corrected chi connectivity index (χ1v) is 5.65. The zero-order chi connectivity index (χ0) is 10.4. The van der Waals surface area contributed by atoms with Crippen molar-refractivity contribution in [2.75, 3.05) is 19.5 Å². The summed E-state index contributed by atoms with van der Waals surface area (Å²) in [6.07, 6.45) is 0.933. The topological polar surface area (TPSA) is 47.9 Å². The fourth-order valence-electron chi connectivity index (χ4n) is 0.740. The standard InChI is InChI=1S/C7H9Cl2N3OS/c1-13-3-2-4-14-7-11-5(8)10-6(9)12-7/h2-4H2,1H3. The molecule has 0 saturated carbocycles. The summed E-state index contributed by atoms with van der Waals surface area (Å²) in [5, 5.41) is 0.796. The van der Waals surface area contributed by atoms with Crippen LogP contribution in [0.25, 0.3) is 0 Å². The molecule has 78 valence electrons. The van der Waals surface area contributed by atoms with Crippen molar-refractivity contribution in [2.45, 2.75) is 11.6 Å². The van der Waals surface area contributed by atoms with Gasteiger partial charge in [0.15, 0.2) is 5.16 Å². The third-order valence-corrected chi connectivity index (χ3v) is 2.56. The lowest BCUT2D eigenvalue weighted by molar-refractivity contribution is 0.200. The van der Waals surface area contributed by atoms with E-state index in [-0.39, 0.29) is 10.6 Å². The number of ether oxygens (including phenoxy) is 1. The van der Waals surface area contributed by atoms with E-state index < -0.39 is 0 Å². The average Bonchev–Trinajstić information content (AvgIpc) is 2.11. The highest BCUT2D eigenvalue weighted by Crippen LogP contribution is 2.17. The Morgan fingerprint density at radius 3 is 2.43 bits per heavy atom. The van der Waals surface area contributed by atoms with Crippen LogP contribution < -0.4 is 0 Å². The van der Waals surface area contributed by atoms with Crippen LogP contribution in [0.5, 0.6) is 0 Å². The molecule has 0 aromatic carbocycles. The molecule has 1 heterocycles. The van der Waals surface area contributed by atoms with Crippen molar-refractivity contribution < 1.29 is 4.74 Å². The van der Waals surface area contributed by atoms with Crippen LogP contribution >= 0.6 is 35.0 Å². The van der Waals surface area contributed by atoms with Gasteiger partial charge >= 0.3 is 0 Å². The second-order valence-corrected chi connectivity index (χ2v) is 4.09. The molecule has 4 nitrogen and oxygen atoms in total. The fraction of sp³-hybridized carbons (Fsp3) is 0.571. The number of hydrogen-bond acceptors (Lipinski definition) is 5. The van der Waals surface area contributed by atoms with E-state index in [1.54, 1.807) is 7.11 Å². The lowest BCUT2D eigenvalue weighted by Gasteiger charge is -2.00. The third kappa shape index (κ3) is 4.41. The number of methoxy groups -OCH3 is 1. The highest BCUT2D eigenvalue weighted by Gasteiger charge is 2.03. The van der Waals surface area contributed by atoms with E-state index in [1.807, 2.05) is 0 Å². The Balaban J connectivity index is 2.42. The predicted molar refractivity (Wildman–Crippen MR) is 57.1 cm³/mol. The van der Waals surface area contributed by atoms with Crippen LogP contribution in [-0.4, -0.2) is 34.4 Å². The van der Waals surface area contributed by atoms with E-state index in [4.69, 9.17) is 27.9 Å². The Hall–Kier alpha value is -0.100. The summed E-state index contributed by atoms with van der Waals surface area (Å²) in [5.41, 5.74) is 0. The van der Waals surface area contributed by atoms with Crippen molar-refractivity contribution in [3.05, 3.63) is 10.6 Å². The molecular formula is C7H9Cl2N3OS. The Labute approximate surface area is 96.4 Å². The number of aromatic nitrogens is 3. The van der Waals surface area contributed by atoms with Crippen molar-refractivity contribution in [3.63, 3.8) is 0 Å². The molecule has 0 amide bonds. The summed E-state index contributed by atoms with van der Waals surface area (Å²) in [6, 6.07) is 0. The van der Waals surface area contributed by atoms with Crippen LogP contribution in [0.2, 0.25) is 10.6 Å². The molecule has 7 heteroatoms. The summed E-state index contributed by atoms with van der Waals surface area (Å²) in [4.78, 5) is 11.5. The SMILES string of the molecule is COCCCSc1nc(Cl)nc(Cl)n1. The summed E-state index contributed by atoms with van der Waals surface area (Å²) in [7, 11) is 1.67. The highest BCUT2D eigenvalue weighted by molar-refractivity contribution is 7.99. The van der Waals surface area contributed by atoms with Crippen molar-refractivity contribution >= 4 is 35.0 Å². The molecular weight excluding hydrogens is 245 g/mol. The van der Waals surface area contributed by atoms with Gasteiger partial charge in [-0.15, -0.1) is 0 Å². The van der Waals surface area contributed by atoms with Crippen LogP contribution in [0, 0.1) is 0 Å². The van der Waals surface area contributed by atoms with Crippen LogP contribution in [0.1, 0.15) is 6.42 Å². The maximum Gasteiger partial charge on any atom is 0.227 e. The maximum absolute atomic E-state index is 5.61. The highest BCUT2D eigenvalue weighted by atomic mass is 35.5. The Kier molecular flexibility index (Phi) is 5.47. The van der Waals surface area contributed by atoms with Gasteiger partial charge in [0.2, 0.25) is 10.6 Å². The molecule has 0 bridgehead atoms. The van der Waals surface area contributed by atoms with Crippen molar-refractivity contribution in [1.82, 2.24) is 15.0 Å². The first-order valence-electron chi connectivity index (χ1n) is 3.91. The Morgan fingerprint density at radius 1 is 1.21 bits per heavy atom. The minimum Gasteiger partial charge on any atom is -0.385 e. The monoisotopic (exact) mass is 253 g/mol. The second-order valence-electron chi connectivity index (χ2n) is 2.35. The summed E-state index contributed by atoms with van der Waals surface area (Å²) in [5.74, 6) is 0.866. The number of hydrogen-bond donors (Lipinski definition) is 0. The molecule has 0 unspecified atom stereocenters. The fourth-order valence-corrected chi connectivity index (χ4v) is 1.95. The number of halogens is 2. The lowest BCUT2D eigenvalue weighted by Crippen LogP contribution is -1.95. The first kappa shape index (κ1) is 12.0. The number of rotatable bonds is 5. The number of nitrogens with zero attached hydrogens (tertiary/aromatic N) is 3. The largest absolute Gasteiger partial charge is 0.385 e. The molecule has 1 aromatic rings. The average molecular weight is 254 g/mol. The smallest absolute Gasteiger partial charge is 0.227 e. The molecule has 0 aliphatic carbocycles. The van der Waals surface area contributed by atoms with Crippen molar-refractivity contribution in [2.24, 2.45) is 0 Å². The van der Waals surface area contributed by atoms with Gasteiger partial charge in [-0.05, 0) is 29.6 Å². The van der Waals surface area contributed by atoms with Gasteiger partial charge in [-0.2, -0.15) is 15.0 Å². The summed E-state index contributed by atoms with van der Waals surface area (Å²) < 4.78 is 4.91. The van der Waals surface area contributed by atoms with Gasteiger partial charge in [-0.25, -0.2) is 0 Å². The van der Waals surface area contributed by atoms with E-state index in [0.29, 0.717) is 5.16 Å². The van der Waals surface area contributed by atoms with Gasteiger partial charge in [0.1, 0.15) is 0 Å². The van der Waals surface area contributed by atoms with E-state index in [9.17, 15) is 0 Å². The van der Waals surface area contributed by atoms with E-state index >= 15 is 0 Å². The lowest BCUT2D eigenvalue weighted by atomic mass is 10.5. The quantitative estimate of drug-likeness (QED) is 0.596. The zero-order valence-electron chi connectivity index (χ0n) is 7.54. The molecule has 0 N–H and O–H groups in total. The van der Waals surface area contributed by atoms with Gasteiger partial charge < -0.3 is 4.74 Å². The maximum atomic E-state index is 5.61. The van der Waals surface area contributed by atoms with Gasteiger partial charge in [0, 0.05) is 19.5 Å². The van der Waals surface area contributed by atoms with Gasteiger partial charge in [-0.1, -0.05) is 11.8 Å². The molecule has 0 saturated heterocycles. The second kappa shape index (κ2) is 6.40. The summed E-state index contributed by atoms with van der Waals surface area (Å²) in [6.45, 7) is 0.722. The van der Waals surface area contributed by atoms with E-state index in [2.05, 4.69) is 15.0 Å². The van der Waals surface area contributed by atoms with Crippen molar-refractivity contribution in [1.29, 1.82) is 0 Å². The molecule has 1 rings (SSSR count). The molecule has 0 fully saturated rings. The zero-order valence-corrected chi connectivity index (χ0v) is 9.86. The first-order chi connectivity index (χ1) is 6.72. The molecule has 0 aliphatic rings. The summed E-state index contributed by atoms with van der Waals surface area (Å²) >= 11 is 12.7. The predicted octanol–water partition coefficient (Wildman–Crippen LogP) is 2.31. The van der Waals surface area contributed by atoms with E-state index in [0.717, 1.165) is 18.8 Å². The normalized spacial score (nSPS) is 10.5. The van der Waals surface area contributed by atoms with Crippen molar-refractivity contribution in [3.8, 4) is 0 Å². The minimum absolute atomic E-state index is 0.124. The van der Waals surface area contributed by atoms with E-state index in [1.165, 1.54) is 11.8 Å². The molecule has 14 heavy (non-hydrogen) atoms. The Morgan fingerprint density at radius 2 is 1.86 bits per heavy atom. The van der Waals surface area contributed by atoms with Crippen LogP contribution in [0.3, 0.4) is 0 Å². The van der Waals surface area contributed by atoms with Gasteiger partial charge in [-0.3, -0.25) is 0 Å². The van der Waals surface area contributed by atoms with Gasteiger partial charge in [0.25, 0.3) is 0 Å². The molecule has 0 aliphatic heterocycles. The molecule has 0 atom stereocenters. The van der Waals surface area contributed by atoms with Gasteiger partial charge in [0.05, 0.1) is 0 Å². The minimum atomic E-state index is 0.124. The van der Waals surface area contributed by atoms with Crippen LogP contribution in [0.4, 0.5) is 0 Å². The molecule has 0 radical (unpaired) electrons.